The average Bonchev–Trinajstić information content (AvgIpc) is 2.49. The van der Waals surface area contributed by atoms with Crippen molar-refractivity contribution in [2.75, 3.05) is 13.7 Å². The fraction of sp³-hybridized carbons (Fsp3) is 0.667. The summed E-state index contributed by atoms with van der Waals surface area (Å²) < 4.78 is 6.60. The predicted molar refractivity (Wildman–Crippen MR) is 49.3 cm³/mol. The van der Waals surface area contributed by atoms with E-state index in [1.165, 1.54) is 0 Å². The molecule has 1 atom stereocenters. The van der Waals surface area contributed by atoms with Crippen molar-refractivity contribution in [3.63, 3.8) is 0 Å². The zero-order chi connectivity index (χ0) is 9.90. The first-order valence-corrected chi connectivity index (χ1v) is 4.27. The Morgan fingerprint density at radius 3 is 2.85 bits per heavy atom. The fourth-order valence-electron chi connectivity index (χ4n) is 1.14. The van der Waals surface area contributed by atoms with Gasteiger partial charge < -0.3 is 9.84 Å². The summed E-state index contributed by atoms with van der Waals surface area (Å²) in [5, 5.41) is 14.0. The first-order chi connectivity index (χ1) is 6.06. The number of nitrogens with zero attached hydrogens (tertiary/aromatic N) is 2. The van der Waals surface area contributed by atoms with E-state index in [4.69, 9.17) is 4.74 Å². The Hall–Kier alpha value is -0.870. The second-order valence-corrected chi connectivity index (χ2v) is 3.42. The minimum absolute atomic E-state index is 0.544. The van der Waals surface area contributed by atoms with Crippen LogP contribution in [0.5, 0.6) is 0 Å². The van der Waals surface area contributed by atoms with Crippen molar-refractivity contribution in [2.24, 2.45) is 7.05 Å². The van der Waals surface area contributed by atoms with Crippen LogP contribution in [0.4, 0.5) is 0 Å². The van der Waals surface area contributed by atoms with Gasteiger partial charge in [-0.15, -0.1) is 0 Å². The number of hydrogen-bond acceptors (Lipinski definition) is 3. The molecule has 4 heteroatoms. The molecule has 0 bridgehead atoms. The van der Waals surface area contributed by atoms with Crippen LogP contribution in [-0.4, -0.2) is 28.6 Å². The highest BCUT2D eigenvalue weighted by molar-refractivity contribution is 5.13. The van der Waals surface area contributed by atoms with Gasteiger partial charge in [0, 0.05) is 38.9 Å². The van der Waals surface area contributed by atoms with Gasteiger partial charge in [-0.3, -0.25) is 4.68 Å². The van der Waals surface area contributed by atoms with Crippen LogP contribution in [0.3, 0.4) is 0 Å². The number of ether oxygens (including phenoxy) is 1. The van der Waals surface area contributed by atoms with Gasteiger partial charge in [-0.25, -0.2) is 0 Å². The van der Waals surface area contributed by atoms with Crippen LogP contribution < -0.4 is 0 Å². The van der Waals surface area contributed by atoms with Crippen LogP contribution in [0.2, 0.25) is 0 Å². The molecular weight excluding hydrogens is 168 g/mol. The standard InChI is InChI=1S/C9H16N2O2/c1-9(12,4-5-13-3)8-6-10-11(2)7-8/h6-7,12H,4-5H2,1-3H3. The molecule has 0 radical (unpaired) electrons. The highest BCUT2D eigenvalue weighted by Crippen LogP contribution is 2.23. The number of rotatable bonds is 4. The Labute approximate surface area is 78.1 Å². The topological polar surface area (TPSA) is 47.3 Å². The Bertz CT molecular complexity index is 268. The second kappa shape index (κ2) is 3.89. The maximum atomic E-state index is 10.00. The van der Waals surface area contributed by atoms with E-state index in [0.717, 1.165) is 5.56 Å². The van der Waals surface area contributed by atoms with Gasteiger partial charge in [0.25, 0.3) is 0 Å². The smallest absolute Gasteiger partial charge is 0.0920 e. The van der Waals surface area contributed by atoms with Crippen molar-refractivity contribution in [1.29, 1.82) is 0 Å². The zero-order valence-corrected chi connectivity index (χ0v) is 8.32. The molecule has 0 fully saturated rings. The molecule has 0 aliphatic heterocycles. The van der Waals surface area contributed by atoms with Crippen LogP contribution in [0, 0.1) is 0 Å². The summed E-state index contributed by atoms with van der Waals surface area (Å²) in [4.78, 5) is 0. The highest BCUT2D eigenvalue weighted by Gasteiger charge is 2.23. The van der Waals surface area contributed by atoms with Gasteiger partial charge in [0.05, 0.1) is 11.8 Å². The third-order valence-corrected chi connectivity index (χ3v) is 2.12. The number of methoxy groups -OCH3 is 1. The minimum atomic E-state index is -0.843. The van der Waals surface area contributed by atoms with Gasteiger partial charge in [-0.1, -0.05) is 0 Å². The number of aliphatic hydroxyl groups is 1. The SMILES string of the molecule is COCCC(C)(O)c1cnn(C)c1. The highest BCUT2D eigenvalue weighted by atomic mass is 16.5. The molecule has 1 aromatic rings. The summed E-state index contributed by atoms with van der Waals surface area (Å²) in [6.07, 6.45) is 4.07. The largest absolute Gasteiger partial charge is 0.385 e. The molecule has 0 aromatic carbocycles. The predicted octanol–water partition coefficient (Wildman–Crippen LogP) is 0.664. The molecule has 1 aromatic heterocycles. The van der Waals surface area contributed by atoms with E-state index in [1.54, 1.807) is 24.9 Å². The summed E-state index contributed by atoms with van der Waals surface area (Å²) in [5.74, 6) is 0. The Kier molecular flexibility index (Phi) is 3.06. The maximum absolute atomic E-state index is 10.00. The Balaban J connectivity index is 2.68. The number of aromatic nitrogens is 2. The maximum Gasteiger partial charge on any atom is 0.0920 e. The van der Waals surface area contributed by atoms with Crippen molar-refractivity contribution < 1.29 is 9.84 Å². The van der Waals surface area contributed by atoms with Gasteiger partial charge in [0.1, 0.15) is 0 Å². The van der Waals surface area contributed by atoms with Crippen molar-refractivity contribution in [1.82, 2.24) is 9.78 Å². The van der Waals surface area contributed by atoms with E-state index in [-0.39, 0.29) is 0 Å². The van der Waals surface area contributed by atoms with E-state index in [1.807, 2.05) is 13.2 Å². The van der Waals surface area contributed by atoms with Gasteiger partial charge in [0.15, 0.2) is 0 Å². The van der Waals surface area contributed by atoms with Gasteiger partial charge in [-0.2, -0.15) is 5.10 Å². The van der Waals surface area contributed by atoms with Crippen LogP contribution in [0.1, 0.15) is 18.9 Å². The van der Waals surface area contributed by atoms with E-state index >= 15 is 0 Å². The van der Waals surface area contributed by atoms with Crippen LogP contribution in [-0.2, 0) is 17.4 Å². The molecule has 0 saturated carbocycles. The molecule has 0 saturated heterocycles. The summed E-state index contributed by atoms with van der Waals surface area (Å²) in [6.45, 7) is 2.31. The second-order valence-electron chi connectivity index (χ2n) is 3.42. The van der Waals surface area contributed by atoms with E-state index in [2.05, 4.69) is 5.10 Å². The van der Waals surface area contributed by atoms with E-state index < -0.39 is 5.60 Å². The molecule has 1 rings (SSSR count). The number of hydrogen-bond donors (Lipinski definition) is 1. The molecular formula is C9H16N2O2. The third-order valence-electron chi connectivity index (χ3n) is 2.12. The molecule has 0 aliphatic carbocycles. The lowest BCUT2D eigenvalue weighted by atomic mass is 9.96. The molecule has 0 aliphatic rings. The molecule has 0 amide bonds. The van der Waals surface area contributed by atoms with Gasteiger partial charge in [0.2, 0.25) is 0 Å². The molecule has 74 valence electrons. The molecule has 1 heterocycles. The third kappa shape index (κ3) is 2.54. The van der Waals surface area contributed by atoms with Gasteiger partial charge in [-0.05, 0) is 6.92 Å². The van der Waals surface area contributed by atoms with Crippen molar-refractivity contribution >= 4 is 0 Å². The van der Waals surface area contributed by atoms with Crippen molar-refractivity contribution in [2.45, 2.75) is 18.9 Å². The fourth-order valence-corrected chi connectivity index (χ4v) is 1.14. The average molecular weight is 184 g/mol. The summed E-state index contributed by atoms with van der Waals surface area (Å²) in [6, 6.07) is 0. The quantitative estimate of drug-likeness (QED) is 0.748. The summed E-state index contributed by atoms with van der Waals surface area (Å²) in [5.41, 5.74) is -0.0170. The Morgan fingerprint density at radius 2 is 2.38 bits per heavy atom. The zero-order valence-electron chi connectivity index (χ0n) is 8.32. The van der Waals surface area contributed by atoms with Crippen LogP contribution in [0.15, 0.2) is 12.4 Å². The van der Waals surface area contributed by atoms with Gasteiger partial charge >= 0.3 is 0 Å². The first kappa shape index (κ1) is 10.2. The normalized spacial score (nSPS) is 15.7. The molecule has 1 unspecified atom stereocenters. The summed E-state index contributed by atoms with van der Waals surface area (Å²) >= 11 is 0. The number of aryl methyl sites for hydroxylation is 1. The lowest BCUT2D eigenvalue weighted by Crippen LogP contribution is -2.22. The minimum Gasteiger partial charge on any atom is -0.385 e. The molecule has 1 N–H and O–H groups in total. The van der Waals surface area contributed by atoms with E-state index in [0.29, 0.717) is 13.0 Å². The lowest BCUT2D eigenvalue weighted by Gasteiger charge is -2.20. The summed E-state index contributed by atoms with van der Waals surface area (Å²) in [7, 11) is 3.45. The van der Waals surface area contributed by atoms with Crippen LogP contribution in [0.25, 0.3) is 0 Å². The first-order valence-electron chi connectivity index (χ1n) is 4.27. The monoisotopic (exact) mass is 184 g/mol. The van der Waals surface area contributed by atoms with E-state index in [9.17, 15) is 5.11 Å². The van der Waals surface area contributed by atoms with Crippen molar-refractivity contribution in [3.8, 4) is 0 Å². The van der Waals surface area contributed by atoms with Crippen LogP contribution >= 0.6 is 0 Å². The molecule has 13 heavy (non-hydrogen) atoms. The molecule has 4 nitrogen and oxygen atoms in total. The van der Waals surface area contributed by atoms with Crippen molar-refractivity contribution in [3.05, 3.63) is 18.0 Å². The molecule has 0 spiro atoms. The Morgan fingerprint density at radius 1 is 1.69 bits per heavy atom. The lowest BCUT2D eigenvalue weighted by molar-refractivity contribution is 0.0210.